The maximum atomic E-state index is 13.9. The number of anilines is 2. The molecule has 4 aromatic carbocycles. The van der Waals surface area contributed by atoms with E-state index in [-0.39, 0.29) is 23.5 Å². The van der Waals surface area contributed by atoms with Gasteiger partial charge in [0, 0.05) is 11.7 Å². The summed E-state index contributed by atoms with van der Waals surface area (Å²) in [5, 5.41) is 6.57. The van der Waals surface area contributed by atoms with E-state index in [0.29, 0.717) is 11.3 Å². The Labute approximate surface area is 214 Å². The zero-order chi connectivity index (χ0) is 26.9. The first kappa shape index (κ1) is 26.2. The number of halogens is 2. The van der Waals surface area contributed by atoms with Crippen LogP contribution in [0.4, 0.5) is 20.2 Å². The summed E-state index contributed by atoms with van der Waals surface area (Å²) in [6.45, 7) is 9.30. The van der Waals surface area contributed by atoms with Gasteiger partial charge in [-0.2, -0.15) is 0 Å². The van der Waals surface area contributed by atoms with E-state index in [1.54, 1.807) is 32.9 Å². The lowest BCUT2D eigenvalue weighted by atomic mass is 9.95. The second-order valence-electron chi connectivity index (χ2n) is 10.2. The number of hydrogen-bond donors (Lipinski definition) is 2. The highest BCUT2D eigenvalue weighted by molar-refractivity contribution is 5.70. The Balaban J connectivity index is 1.66. The van der Waals surface area contributed by atoms with Crippen molar-refractivity contribution in [3.8, 4) is 5.75 Å². The van der Waals surface area contributed by atoms with Gasteiger partial charge in [0.05, 0.1) is 6.04 Å². The normalized spacial score (nSPS) is 13.4. The molecule has 37 heavy (non-hydrogen) atoms. The molecule has 0 bridgehead atoms. The highest BCUT2D eigenvalue weighted by atomic mass is 19.2. The van der Waals surface area contributed by atoms with E-state index in [2.05, 4.69) is 10.6 Å². The topological polar surface area (TPSA) is 67.4 Å². The molecule has 5 nitrogen and oxygen atoms in total. The van der Waals surface area contributed by atoms with Crippen molar-refractivity contribution in [2.75, 3.05) is 5.32 Å². The molecule has 1 unspecified atom stereocenters. The Kier molecular flexibility index (Phi) is 7.28. The Bertz CT molecular complexity index is 1480. The molecule has 2 atom stereocenters. The summed E-state index contributed by atoms with van der Waals surface area (Å²) in [5.41, 5.74) is 2.42. The second kappa shape index (κ2) is 10.3. The van der Waals surface area contributed by atoms with Crippen LogP contribution in [-0.2, 0) is 0 Å². The van der Waals surface area contributed by atoms with Crippen molar-refractivity contribution in [3.05, 3.63) is 121 Å². The van der Waals surface area contributed by atoms with Crippen LogP contribution in [0.3, 0.4) is 0 Å². The van der Waals surface area contributed by atoms with Crippen LogP contribution < -0.4 is 26.2 Å². The fourth-order valence-electron chi connectivity index (χ4n) is 4.10. The predicted octanol–water partition coefficient (Wildman–Crippen LogP) is 6.23. The number of rotatable bonds is 8. The van der Waals surface area contributed by atoms with Gasteiger partial charge in [0.1, 0.15) is 11.3 Å². The molecule has 7 heteroatoms. The average molecular weight is 505 g/mol. The molecule has 0 aliphatic carbocycles. The van der Waals surface area contributed by atoms with E-state index in [1.165, 1.54) is 6.07 Å². The van der Waals surface area contributed by atoms with Crippen LogP contribution in [0.5, 0.6) is 5.75 Å². The summed E-state index contributed by atoms with van der Waals surface area (Å²) in [5.74, 6) is -1.76. The third-order valence-electron chi connectivity index (χ3n) is 6.04. The molecule has 192 valence electrons. The summed E-state index contributed by atoms with van der Waals surface area (Å²) in [6, 6.07) is 18.8. The standard InChI is InChI=1S/C30H30F2N2O3/c1-17-9-11-19(12-10-17)25(33-18(2)20-13-14-23(31)24(32)16-20)21-7-6-8-22(15-21)34-26-27(35)28(36)29(26)37-30(3,4)5/h6-16,18,25,33-34H,1-5H3/t18-,25?/m1/s1. The molecule has 0 radical (unpaired) electrons. The van der Waals surface area contributed by atoms with E-state index in [0.717, 1.165) is 22.8 Å². The van der Waals surface area contributed by atoms with Crippen molar-refractivity contribution in [3.63, 3.8) is 0 Å². The van der Waals surface area contributed by atoms with Crippen LogP contribution >= 0.6 is 0 Å². The summed E-state index contributed by atoms with van der Waals surface area (Å²) < 4.78 is 33.1. The Hall–Kier alpha value is -3.84. The van der Waals surface area contributed by atoms with Crippen molar-refractivity contribution >= 4 is 11.4 Å². The van der Waals surface area contributed by atoms with E-state index < -0.39 is 28.1 Å². The zero-order valence-electron chi connectivity index (χ0n) is 21.5. The van der Waals surface area contributed by atoms with Gasteiger partial charge in [-0.1, -0.05) is 48.0 Å². The first-order valence-corrected chi connectivity index (χ1v) is 12.1. The molecule has 0 aliphatic rings. The number of nitrogens with one attached hydrogen (secondary N) is 2. The maximum absolute atomic E-state index is 13.9. The van der Waals surface area contributed by atoms with Crippen LogP contribution in [0.2, 0.25) is 0 Å². The quantitative estimate of drug-likeness (QED) is 0.279. The molecule has 0 amide bonds. The van der Waals surface area contributed by atoms with Crippen molar-refractivity contribution in [1.82, 2.24) is 5.32 Å². The lowest BCUT2D eigenvalue weighted by Gasteiger charge is -2.26. The molecule has 0 aromatic heterocycles. The molecule has 0 saturated heterocycles. The van der Waals surface area contributed by atoms with Gasteiger partial charge in [-0.15, -0.1) is 0 Å². The molecule has 0 spiro atoms. The fraction of sp³-hybridized carbons (Fsp3) is 0.267. The molecule has 2 N–H and O–H groups in total. The molecule has 0 heterocycles. The number of benzene rings is 3. The van der Waals surface area contributed by atoms with Crippen molar-refractivity contribution in [2.24, 2.45) is 0 Å². The SMILES string of the molecule is Cc1ccc(C(N[C@H](C)c2ccc(F)c(F)c2)c2cccc(Nc3c(OC(C)(C)C)c(=O)c3=O)c2)cc1. The highest BCUT2D eigenvalue weighted by Crippen LogP contribution is 2.31. The van der Waals surface area contributed by atoms with Crippen LogP contribution in [-0.4, -0.2) is 5.60 Å². The first-order chi connectivity index (χ1) is 17.4. The van der Waals surface area contributed by atoms with Crippen LogP contribution in [0.1, 0.15) is 62.0 Å². The molecule has 4 rings (SSSR count). The van der Waals surface area contributed by atoms with Gasteiger partial charge in [-0.05, 0) is 75.6 Å². The summed E-state index contributed by atoms with van der Waals surface area (Å²) in [7, 11) is 0. The van der Waals surface area contributed by atoms with Crippen LogP contribution in [0, 0.1) is 18.6 Å². The summed E-state index contributed by atoms with van der Waals surface area (Å²) >= 11 is 0. The van der Waals surface area contributed by atoms with Gasteiger partial charge in [0.2, 0.25) is 0 Å². The zero-order valence-corrected chi connectivity index (χ0v) is 21.5. The van der Waals surface area contributed by atoms with Crippen LogP contribution in [0.15, 0.2) is 76.3 Å². The van der Waals surface area contributed by atoms with Crippen molar-refractivity contribution in [1.29, 1.82) is 0 Å². The van der Waals surface area contributed by atoms with Gasteiger partial charge >= 0.3 is 0 Å². The molecular formula is C30H30F2N2O3. The molecular weight excluding hydrogens is 474 g/mol. The summed E-state index contributed by atoms with van der Waals surface area (Å²) in [4.78, 5) is 24.4. The Morgan fingerprint density at radius 1 is 0.811 bits per heavy atom. The molecule has 0 saturated carbocycles. The lowest BCUT2D eigenvalue weighted by molar-refractivity contribution is 0.128. The summed E-state index contributed by atoms with van der Waals surface area (Å²) in [6.07, 6.45) is 0. The van der Waals surface area contributed by atoms with E-state index in [9.17, 15) is 18.4 Å². The smallest absolute Gasteiger partial charge is 0.272 e. The van der Waals surface area contributed by atoms with Crippen molar-refractivity contribution in [2.45, 2.75) is 52.3 Å². The van der Waals surface area contributed by atoms with Gasteiger partial charge in [-0.3, -0.25) is 14.9 Å². The average Bonchev–Trinajstić information content (AvgIpc) is 2.86. The van der Waals surface area contributed by atoms with E-state index >= 15 is 0 Å². The van der Waals surface area contributed by atoms with Crippen LogP contribution in [0.25, 0.3) is 0 Å². The number of hydrogen-bond acceptors (Lipinski definition) is 5. The van der Waals surface area contributed by atoms with Gasteiger partial charge in [-0.25, -0.2) is 8.78 Å². The largest absolute Gasteiger partial charge is 0.482 e. The molecule has 0 fully saturated rings. The predicted molar refractivity (Wildman–Crippen MR) is 142 cm³/mol. The first-order valence-electron chi connectivity index (χ1n) is 12.1. The van der Waals surface area contributed by atoms with E-state index in [4.69, 9.17) is 4.74 Å². The van der Waals surface area contributed by atoms with E-state index in [1.807, 2.05) is 56.3 Å². The minimum Gasteiger partial charge on any atom is -0.482 e. The minimum absolute atomic E-state index is 0.0306. The number of aryl methyl sites for hydroxylation is 1. The monoisotopic (exact) mass is 504 g/mol. The van der Waals surface area contributed by atoms with Gasteiger partial charge in [0.15, 0.2) is 17.4 Å². The highest BCUT2D eigenvalue weighted by Gasteiger charge is 2.27. The molecule has 4 aromatic rings. The maximum Gasteiger partial charge on any atom is 0.272 e. The third kappa shape index (κ3) is 5.94. The third-order valence-corrected chi connectivity index (χ3v) is 6.04. The van der Waals surface area contributed by atoms with Gasteiger partial charge in [0.25, 0.3) is 10.9 Å². The second-order valence-corrected chi connectivity index (χ2v) is 10.2. The molecule has 0 aliphatic heterocycles. The minimum atomic E-state index is -0.898. The van der Waals surface area contributed by atoms with Gasteiger partial charge < -0.3 is 10.1 Å². The Morgan fingerprint density at radius 2 is 1.49 bits per heavy atom. The van der Waals surface area contributed by atoms with Crippen molar-refractivity contribution < 1.29 is 13.5 Å². The fourth-order valence-corrected chi connectivity index (χ4v) is 4.10. The number of ether oxygens (including phenoxy) is 1. The Morgan fingerprint density at radius 3 is 2.14 bits per heavy atom. The lowest BCUT2D eigenvalue weighted by Crippen LogP contribution is -2.39.